The topological polar surface area (TPSA) is 74.0 Å². The maximum Gasteiger partial charge on any atom is 0.355 e. The van der Waals surface area contributed by atoms with Crippen molar-refractivity contribution < 1.29 is 9.90 Å². The van der Waals surface area contributed by atoms with E-state index in [0.29, 0.717) is 5.01 Å². The molecule has 0 bridgehead atoms. The van der Waals surface area contributed by atoms with Crippen molar-refractivity contribution >= 4 is 17.3 Å². The summed E-state index contributed by atoms with van der Waals surface area (Å²) in [6, 6.07) is 2.34. The predicted molar refractivity (Wildman–Crippen MR) is 66.2 cm³/mol. The van der Waals surface area contributed by atoms with Crippen molar-refractivity contribution in [3.63, 3.8) is 0 Å². The molecule has 1 N–H and O–H groups in total. The molecule has 0 fully saturated rings. The molecule has 0 spiro atoms. The van der Waals surface area contributed by atoms with Gasteiger partial charge in [-0.2, -0.15) is 5.26 Å². The molecule has 0 saturated heterocycles. The van der Waals surface area contributed by atoms with Gasteiger partial charge in [0, 0.05) is 5.38 Å². The fourth-order valence-corrected chi connectivity index (χ4v) is 2.95. The van der Waals surface area contributed by atoms with Crippen molar-refractivity contribution in [3.8, 4) is 6.07 Å². The quantitative estimate of drug-likeness (QED) is 0.843. The van der Waals surface area contributed by atoms with Gasteiger partial charge < -0.3 is 5.11 Å². The molecule has 0 saturated carbocycles. The molecule has 0 radical (unpaired) electrons. The summed E-state index contributed by atoms with van der Waals surface area (Å²) >= 11 is 1.27. The Morgan fingerprint density at radius 3 is 2.47 bits per heavy atom. The van der Waals surface area contributed by atoms with E-state index >= 15 is 0 Å². The zero-order valence-electron chi connectivity index (χ0n) is 10.1. The molecule has 1 rings (SSSR count). The SMILES string of the molecule is CCCC(C#N)(CCC)c1nc(C(=O)O)cs1. The number of carboxylic acid groups (broad SMARTS) is 1. The lowest BCUT2D eigenvalue weighted by atomic mass is 9.81. The Bertz CT molecular complexity index is 428. The smallest absolute Gasteiger partial charge is 0.355 e. The maximum absolute atomic E-state index is 10.8. The summed E-state index contributed by atoms with van der Waals surface area (Å²) < 4.78 is 0. The number of aromatic carboxylic acids is 1. The summed E-state index contributed by atoms with van der Waals surface area (Å²) in [5.41, 5.74) is -0.571. The standard InChI is InChI=1S/C12H16N2O2S/c1-3-5-12(8-13,6-4-2)11-14-9(7-17-11)10(15)16/h7H,3-6H2,1-2H3,(H,15,16). The molecule has 4 nitrogen and oxygen atoms in total. The van der Waals surface area contributed by atoms with Gasteiger partial charge in [0.05, 0.1) is 6.07 Å². The summed E-state index contributed by atoms with van der Waals surface area (Å²) in [6.45, 7) is 4.04. The Balaban J connectivity index is 3.12. The molecule has 0 unspecified atom stereocenters. The van der Waals surface area contributed by atoms with Crippen molar-refractivity contribution in [1.82, 2.24) is 4.98 Å². The van der Waals surface area contributed by atoms with Gasteiger partial charge in [-0.1, -0.05) is 26.7 Å². The highest BCUT2D eigenvalue weighted by molar-refractivity contribution is 7.10. The van der Waals surface area contributed by atoms with Gasteiger partial charge in [0.1, 0.15) is 10.4 Å². The van der Waals surface area contributed by atoms with Crippen LogP contribution in [-0.2, 0) is 5.41 Å². The highest BCUT2D eigenvalue weighted by Crippen LogP contribution is 2.35. The van der Waals surface area contributed by atoms with Crippen molar-refractivity contribution in [3.05, 3.63) is 16.1 Å². The predicted octanol–water partition coefficient (Wildman–Crippen LogP) is 3.20. The van der Waals surface area contributed by atoms with Crippen LogP contribution >= 0.6 is 11.3 Å². The normalized spacial score (nSPS) is 11.1. The second-order valence-electron chi connectivity index (χ2n) is 4.04. The molecule has 1 aromatic rings. The lowest BCUT2D eigenvalue weighted by Crippen LogP contribution is -2.23. The lowest BCUT2D eigenvalue weighted by Gasteiger charge is -2.22. The molecule has 0 aliphatic carbocycles. The average molecular weight is 252 g/mol. The Hall–Kier alpha value is -1.41. The van der Waals surface area contributed by atoms with Crippen LogP contribution in [0.4, 0.5) is 0 Å². The van der Waals surface area contributed by atoms with E-state index in [-0.39, 0.29) is 5.69 Å². The minimum atomic E-state index is -1.03. The molecule has 0 aliphatic rings. The van der Waals surface area contributed by atoms with Crippen LogP contribution in [0.3, 0.4) is 0 Å². The molecule has 17 heavy (non-hydrogen) atoms. The summed E-state index contributed by atoms with van der Waals surface area (Å²) in [4.78, 5) is 14.9. The average Bonchev–Trinajstić information content (AvgIpc) is 2.78. The molecular formula is C12H16N2O2S. The van der Waals surface area contributed by atoms with Crippen LogP contribution in [0, 0.1) is 11.3 Å². The summed E-state index contributed by atoms with van der Waals surface area (Å²) in [6.07, 6.45) is 3.22. The second-order valence-corrected chi connectivity index (χ2v) is 4.90. The number of carbonyl (C=O) groups is 1. The Morgan fingerprint density at radius 1 is 1.53 bits per heavy atom. The van der Waals surface area contributed by atoms with Crippen molar-refractivity contribution in [2.24, 2.45) is 0 Å². The fraction of sp³-hybridized carbons (Fsp3) is 0.583. The zero-order valence-corrected chi connectivity index (χ0v) is 10.9. The second kappa shape index (κ2) is 5.78. The highest BCUT2D eigenvalue weighted by Gasteiger charge is 2.34. The van der Waals surface area contributed by atoms with Crippen LogP contribution in [0.25, 0.3) is 0 Å². The van der Waals surface area contributed by atoms with Crippen LogP contribution in [-0.4, -0.2) is 16.1 Å². The molecule has 92 valence electrons. The summed E-state index contributed by atoms with van der Waals surface area (Å²) in [5.74, 6) is -1.03. The monoisotopic (exact) mass is 252 g/mol. The van der Waals surface area contributed by atoms with E-state index in [0.717, 1.165) is 25.7 Å². The van der Waals surface area contributed by atoms with Gasteiger partial charge in [-0.05, 0) is 12.8 Å². The van der Waals surface area contributed by atoms with Crippen molar-refractivity contribution in [2.45, 2.75) is 44.9 Å². The first-order valence-electron chi connectivity index (χ1n) is 5.70. The zero-order chi connectivity index (χ0) is 12.9. The Kier molecular flexibility index (Phi) is 4.64. The first kappa shape index (κ1) is 13.7. The summed E-state index contributed by atoms with van der Waals surface area (Å²) in [5, 5.41) is 20.4. The Morgan fingerprint density at radius 2 is 2.12 bits per heavy atom. The van der Waals surface area contributed by atoms with Gasteiger partial charge in [0.2, 0.25) is 0 Å². The minimum Gasteiger partial charge on any atom is -0.476 e. The largest absolute Gasteiger partial charge is 0.476 e. The third kappa shape index (κ3) is 2.83. The molecule has 0 atom stereocenters. The van der Waals surface area contributed by atoms with Gasteiger partial charge in [-0.15, -0.1) is 11.3 Å². The fourth-order valence-electron chi connectivity index (χ4n) is 1.94. The van der Waals surface area contributed by atoms with Gasteiger partial charge in [0.15, 0.2) is 5.69 Å². The molecule has 5 heteroatoms. The van der Waals surface area contributed by atoms with E-state index in [4.69, 9.17) is 5.11 Å². The third-order valence-electron chi connectivity index (χ3n) is 2.70. The van der Waals surface area contributed by atoms with Gasteiger partial charge in [-0.3, -0.25) is 0 Å². The van der Waals surface area contributed by atoms with E-state index in [1.165, 1.54) is 16.7 Å². The first-order valence-corrected chi connectivity index (χ1v) is 6.58. The van der Waals surface area contributed by atoms with E-state index in [1.807, 2.05) is 13.8 Å². The molecule has 0 amide bonds. The number of rotatable bonds is 6. The first-order chi connectivity index (χ1) is 8.09. The van der Waals surface area contributed by atoms with E-state index < -0.39 is 11.4 Å². The lowest BCUT2D eigenvalue weighted by molar-refractivity contribution is 0.0691. The van der Waals surface area contributed by atoms with E-state index in [1.54, 1.807) is 0 Å². The van der Waals surface area contributed by atoms with Crippen LogP contribution in [0.15, 0.2) is 5.38 Å². The third-order valence-corrected chi connectivity index (χ3v) is 3.75. The van der Waals surface area contributed by atoms with E-state index in [2.05, 4.69) is 11.1 Å². The highest BCUT2D eigenvalue weighted by atomic mass is 32.1. The number of nitrogens with zero attached hydrogens (tertiary/aromatic N) is 2. The number of hydrogen-bond acceptors (Lipinski definition) is 4. The molecule has 0 aromatic carbocycles. The summed E-state index contributed by atoms with van der Waals surface area (Å²) in [7, 11) is 0. The van der Waals surface area contributed by atoms with E-state index in [9.17, 15) is 10.1 Å². The van der Waals surface area contributed by atoms with Crippen molar-refractivity contribution in [1.29, 1.82) is 5.26 Å². The van der Waals surface area contributed by atoms with Crippen LogP contribution in [0.2, 0.25) is 0 Å². The minimum absolute atomic E-state index is 0.0387. The maximum atomic E-state index is 10.8. The number of carboxylic acids is 1. The van der Waals surface area contributed by atoms with Crippen molar-refractivity contribution in [2.75, 3.05) is 0 Å². The Labute approximate surface area is 105 Å². The molecular weight excluding hydrogens is 236 g/mol. The molecule has 0 aliphatic heterocycles. The van der Waals surface area contributed by atoms with Gasteiger partial charge in [-0.25, -0.2) is 9.78 Å². The van der Waals surface area contributed by atoms with Gasteiger partial charge >= 0.3 is 5.97 Å². The molecule has 1 heterocycles. The molecule has 1 aromatic heterocycles. The van der Waals surface area contributed by atoms with Crippen LogP contribution in [0.5, 0.6) is 0 Å². The number of hydrogen-bond donors (Lipinski definition) is 1. The van der Waals surface area contributed by atoms with Gasteiger partial charge in [0.25, 0.3) is 0 Å². The van der Waals surface area contributed by atoms with Crippen LogP contribution < -0.4 is 0 Å². The van der Waals surface area contributed by atoms with Crippen LogP contribution in [0.1, 0.15) is 55.0 Å². The number of aromatic nitrogens is 1. The number of thiazole rings is 1. The number of nitriles is 1.